The predicted molar refractivity (Wildman–Crippen MR) is 69.6 cm³/mol. The van der Waals surface area contributed by atoms with E-state index >= 15 is 0 Å². The summed E-state index contributed by atoms with van der Waals surface area (Å²) in [6, 6.07) is 3.77. The topological polar surface area (TPSA) is 40.2 Å². The molecule has 2 N–H and O–H groups in total. The molecule has 90 valence electrons. The highest BCUT2D eigenvalue weighted by Gasteiger charge is 2.42. The van der Waals surface area contributed by atoms with Crippen molar-refractivity contribution in [3.05, 3.63) is 28.9 Å². The summed E-state index contributed by atoms with van der Waals surface area (Å²) < 4.78 is 7.43. The van der Waals surface area contributed by atoms with E-state index in [4.69, 9.17) is 22.1 Å². The monoisotopic (exact) mass is 250 g/mol. The van der Waals surface area contributed by atoms with E-state index in [1.54, 1.807) is 7.11 Å². The number of methoxy groups -OCH3 is 1. The first-order valence-corrected chi connectivity index (χ1v) is 6.05. The van der Waals surface area contributed by atoms with Crippen molar-refractivity contribution < 1.29 is 4.74 Å². The van der Waals surface area contributed by atoms with Gasteiger partial charge >= 0.3 is 0 Å². The van der Waals surface area contributed by atoms with Crippen LogP contribution >= 0.6 is 11.6 Å². The highest BCUT2D eigenvalue weighted by Crippen LogP contribution is 2.48. The summed E-state index contributed by atoms with van der Waals surface area (Å²) in [4.78, 5) is 0. The second kappa shape index (κ2) is 3.40. The number of aryl methyl sites for hydroxylation is 1. The van der Waals surface area contributed by atoms with Gasteiger partial charge < -0.3 is 15.0 Å². The standard InChI is InChI=1S/C13H15ClN2O/c1-16-7-8(13(15)5-6-13)11-9(14)3-4-10(17-2)12(11)16/h3-4,7H,5-6,15H2,1-2H3. The van der Waals surface area contributed by atoms with Gasteiger partial charge in [-0.3, -0.25) is 0 Å². The molecular weight excluding hydrogens is 236 g/mol. The third-order valence-corrected chi connectivity index (χ3v) is 3.89. The van der Waals surface area contributed by atoms with Gasteiger partial charge in [-0.1, -0.05) is 11.6 Å². The van der Waals surface area contributed by atoms with E-state index in [-0.39, 0.29) is 5.54 Å². The largest absolute Gasteiger partial charge is 0.495 e. The molecule has 17 heavy (non-hydrogen) atoms. The van der Waals surface area contributed by atoms with Crippen LogP contribution in [0.2, 0.25) is 5.02 Å². The van der Waals surface area contributed by atoms with Crippen molar-refractivity contribution in [2.45, 2.75) is 18.4 Å². The summed E-state index contributed by atoms with van der Waals surface area (Å²) in [5, 5.41) is 1.78. The van der Waals surface area contributed by atoms with Crippen LogP contribution in [0, 0.1) is 0 Å². The van der Waals surface area contributed by atoms with Gasteiger partial charge in [-0.05, 0) is 30.5 Å². The Labute approximate surface area is 105 Å². The minimum absolute atomic E-state index is 0.185. The molecule has 1 aliphatic rings. The zero-order chi connectivity index (χ0) is 12.2. The van der Waals surface area contributed by atoms with Crippen LogP contribution in [0.3, 0.4) is 0 Å². The summed E-state index contributed by atoms with van der Waals surface area (Å²) in [5.74, 6) is 0.836. The van der Waals surface area contributed by atoms with E-state index in [0.717, 1.165) is 40.1 Å². The van der Waals surface area contributed by atoms with Gasteiger partial charge in [-0.15, -0.1) is 0 Å². The second-order valence-corrected chi connectivity index (χ2v) is 5.19. The fraction of sp³-hybridized carbons (Fsp3) is 0.385. The number of halogens is 1. The van der Waals surface area contributed by atoms with Crippen LogP contribution in [-0.2, 0) is 12.6 Å². The lowest BCUT2D eigenvalue weighted by Crippen LogP contribution is -2.18. The summed E-state index contributed by atoms with van der Waals surface area (Å²) in [7, 11) is 3.67. The van der Waals surface area contributed by atoms with Crippen LogP contribution in [0.1, 0.15) is 18.4 Å². The maximum absolute atomic E-state index is 6.31. The molecule has 0 bridgehead atoms. The Morgan fingerprint density at radius 1 is 1.41 bits per heavy atom. The number of rotatable bonds is 2. The van der Waals surface area contributed by atoms with E-state index in [0.29, 0.717) is 0 Å². The number of hydrogen-bond acceptors (Lipinski definition) is 2. The number of benzene rings is 1. The molecule has 0 radical (unpaired) electrons. The zero-order valence-electron chi connectivity index (χ0n) is 9.96. The molecule has 0 aliphatic heterocycles. The van der Waals surface area contributed by atoms with Gasteiger partial charge in [0.2, 0.25) is 0 Å². The molecule has 0 saturated heterocycles. The number of ether oxygens (including phenoxy) is 1. The Balaban J connectivity index is 2.39. The summed E-state index contributed by atoms with van der Waals surface area (Å²) in [6.07, 6.45) is 4.13. The molecule has 1 aromatic heterocycles. The van der Waals surface area contributed by atoms with Gasteiger partial charge in [0.25, 0.3) is 0 Å². The molecule has 3 nitrogen and oxygen atoms in total. The average Bonchev–Trinajstić information content (AvgIpc) is 2.95. The highest BCUT2D eigenvalue weighted by atomic mass is 35.5. The van der Waals surface area contributed by atoms with Crippen LogP contribution in [0.5, 0.6) is 5.75 Å². The molecular formula is C13H15ClN2O. The summed E-state index contributed by atoms with van der Waals surface area (Å²) in [6.45, 7) is 0. The SMILES string of the molecule is COc1ccc(Cl)c2c(C3(N)CC3)cn(C)c12. The van der Waals surface area contributed by atoms with Crippen molar-refractivity contribution in [1.82, 2.24) is 4.57 Å². The number of nitrogens with zero attached hydrogens (tertiary/aromatic N) is 1. The Kier molecular flexibility index (Phi) is 2.19. The van der Waals surface area contributed by atoms with Crippen molar-refractivity contribution >= 4 is 22.5 Å². The molecule has 0 amide bonds. The fourth-order valence-corrected chi connectivity index (χ4v) is 2.68. The molecule has 3 rings (SSSR count). The van der Waals surface area contributed by atoms with E-state index < -0.39 is 0 Å². The van der Waals surface area contributed by atoms with Crippen LogP contribution in [0.15, 0.2) is 18.3 Å². The molecule has 1 fully saturated rings. The van der Waals surface area contributed by atoms with Crippen molar-refractivity contribution in [2.75, 3.05) is 7.11 Å². The number of hydrogen-bond donors (Lipinski definition) is 1. The number of aromatic nitrogens is 1. The Hall–Kier alpha value is -1.19. The molecule has 0 spiro atoms. The van der Waals surface area contributed by atoms with Gasteiger partial charge in [0.15, 0.2) is 0 Å². The normalized spacial score (nSPS) is 17.4. The van der Waals surface area contributed by atoms with Crippen molar-refractivity contribution in [2.24, 2.45) is 12.8 Å². The quantitative estimate of drug-likeness (QED) is 0.890. The minimum atomic E-state index is -0.185. The summed E-state index contributed by atoms with van der Waals surface area (Å²) in [5.41, 5.74) is 8.27. The predicted octanol–water partition coefficient (Wildman–Crippen LogP) is 2.79. The molecule has 1 aliphatic carbocycles. The molecule has 1 heterocycles. The van der Waals surface area contributed by atoms with Gasteiger partial charge in [0.1, 0.15) is 5.75 Å². The third kappa shape index (κ3) is 1.46. The van der Waals surface area contributed by atoms with Crippen molar-refractivity contribution in [3.63, 3.8) is 0 Å². The van der Waals surface area contributed by atoms with Gasteiger partial charge in [0.05, 0.1) is 17.6 Å². The number of fused-ring (bicyclic) bond motifs is 1. The minimum Gasteiger partial charge on any atom is -0.495 e. The van der Waals surface area contributed by atoms with Crippen LogP contribution < -0.4 is 10.5 Å². The summed E-state index contributed by atoms with van der Waals surface area (Å²) >= 11 is 6.31. The Morgan fingerprint density at radius 3 is 2.71 bits per heavy atom. The van der Waals surface area contributed by atoms with Crippen LogP contribution in [0.25, 0.3) is 10.9 Å². The molecule has 1 saturated carbocycles. The first kappa shape index (κ1) is 10.9. The number of nitrogens with two attached hydrogens (primary N) is 1. The molecule has 2 aromatic rings. The van der Waals surface area contributed by atoms with Gasteiger partial charge in [-0.25, -0.2) is 0 Å². The van der Waals surface area contributed by atoms with Crippen molar-refractivity contribution in [3.8, 4) is 5.75 Å². The maximum atomic E-state index is 6.31. The Bertz CT molecular complexity index is 599. The average molecular weight is 251 g/mol. The lowest BCUT2D eigenvalue weighted by Gasteiger charge is -2.09. The highest BCUT2D eigenvalue weighted by molar-refractivity contribution is 6.36. The van der Waals surface area contributed by atoms with E-state index in [1.165, 1.54) is 0 Å². The Morgan fingerprint density at radius 2 is 2.12 bits per heavy atom. The van der Waals surface area contributed by atoms with E-state index in [9.17, 15) is 0 Å². The van der Waals surface area contributed by atoms with Crippen LogP contribution in [-0.4, -0.2) is 11.7 Å². The zero-order valence-corrected chi connectivity index (χ0v) is 10.7. The van der Waals surface area contributed by atoms with E-state index in [1.807, 2.05) is 23.7 Å². The first-order chi connectivity index (χ1) is 8.07. The molecule has 0 atom stereocenters. The lowest BCUT2D eigenvalue weighted by atomic mass is 10.0. The smallest absolute Gasteiger partial charge is 0.143 e. The maximum Gasteiger partial charge on any atom is 0.143 e. The molecule has 1 aromatic carbocycles. The third-order valence-electron chi connectivity index (χ3n) is 3.58. The molecule has 0 unspecified atom stereocenters. The second-order valence-electron chi connectivity index (χ2n) is 4.78. The van der Waals surface area contributed by atoms with E-state index in [2.05, 4.69) is 6.20 Å². The lowest BCUT2D eigenvalue weighted by molar-refractivity contribution is 0.418. The van der Waals surface area contributed by atoms with Gasteiger partial charge in [0, 0.05) is 24.2 Å². The molecule has 4 heteroatoms. The van der Waals surface area contributed by atoms with Gasteiger partial charge in [-0.2, -0.15) is 0 Å². The fourth-order valence-electron chi connectivity index (χ4n) is 2.42. The van der Waals surface area contributed by atoms with Crippen molar-refractivity contribution in [1.29, 1.82) is 0 Å². The first-order valence-electron chi connectivity index (χ1n) is 5.68. The van der Waals surface area contributed by atoms with Crippen LogP contribution in [0.4, 0.5) is 0 Å².